The van der Waals surface area contributed by atoms with Gasteiger partial charge in [-0.25, -0.2) is 4.99 Å². The summed E-state index contributed by atoms with van der Waals surface area (Å²) in [5.41, 5.74) is 2.21. The van der Waals surface area contributed by atoms with Crippen molar-refractivity contribution in [2.75, 3.05) is 29.5 Å². The average Bonchev–Trinajstić information content (AvgIpc) is 3.29. The number of aliphatic imine (C=N–C) groups is 1. The van der Waals surface area contributed by atoms with Gasteiger partial charge in [-0.15, -0.1) is 0 Å². The van der Waals surface area contributed by atoms with E-state index in [0.717, 1.165) is 5.69 Å². The maximum Gasteiger partial charge on any atom is 0.282 e. The van der Waals surface area contributed by atoms with Gasteiger partial charge in [0.15, 0.2) is 0 Å². The molecule has 4 rings (SSSR count). The van der Waals surface area contributed by atoms with E-state index in [-0.39, 0.29) is 27.8 Å². The summed E-state index contributed by atoms with van der Waals surface area (Å²) >= 11 is 6.45. The molecule has 0 bridgehead atoms. The predicted molar refractivity (Wildman–Crippen MR) is 157 cm³/mol. The molecule has 0 unspecified atom stereocenters. The molecule has 0 spiro atoms. The van der Waals surface area contributed by atoms with Gasteiger partial charge in [-0.1, -0.05) is 23.7 Å². The van der Waals surface area contributed by atoms with E-state index in [1.54, 1.807) is 30.3 Å². The summed E-state index contributed by atoms with van der Waals surface area (Å²) in [6, 6.07) is 22.4. The number of ether oxygens (including phenoxy) is 1. The van der Waals surface area contributed by atoms with Gasteiger partial charge in [0.05, 0.1) is 47.2 Å². The molecule has 1 amide bonds. The van der Waals surface area contributed by atoms with Crippen molar-refractivity contribution in [3.63, 3.8) is 0 Å². The number of nitro groups is 1. The number of amidine groups is 1. The molecule has 1 aliphatic rings. The Balaban J connectivity index is 1.73. The summed E-state index contributed by atoms with van der Waals surface area (Å²) in [6.07, 6.45) is 2.27. The number of non-ortho nitro benzene ring substituents is 1. The number of carbonyl (C=O) groups excluding carboxylic acids is 1. The van der Waals surface area contributed by atoms with Crippen molar-refractivity contribution in [1.29, 1.82) is 10.5 Å². The third-order valence-electron chi connectivity index (χ3n) is 6.22. The summed E-state index contributed by atoms with van der Waals surface area (Å²) in [7, 11) is 0. The first-order valence-corrected chi connectivity index (χ1v) is 13.1. The predicted octanol–water partition coefficient (Wildman–Crippen LogP) is 6.12. The van der Waals surface area contributed by atoms with Crippen molar-refractivity contribution >= 4 is 46.5 Å². The van der Waals surface area contributed by atoms with Crippen LogP contribution in [0.15, 0.2) is 77.4 Å². The van der Waals surface area contributed by atoms with Gasteiger partial charge in [-0.3, -0.25) is 19.8 Å². The normalized spacial score (nSPS) is 13.5. The highest BCUT2D eigenvalue weighted by atomic mass is 35.5. The van der Waals surface area contributed by atoms with Crippen molar-refractivity contribution in [1.82, 2.24) is 0 Å². The molecule has 41 heavy (non-hydrogen) atoms. The zero-order chi connectivity index (χ0) is 29.4. The molecule has 0 saturated carbocycles. The lowest BCUT2D eigenvalue weighted by atomic mass is 10.1. The van der Waals surface area contributed by atoms with Gasteiger partial charge < -0.3 is 9.64 Å². The maximum atomic E-state index is 13.7. The molecule has 1 heterocycles. The lowest BCUT2D eigenvalue weighted by Crippen LogP contribution is -2.32. The number of nitriles is 2. The monoisotopic (exact) mass is 568 g/mol. The lowest BCUT2D eigenvalue weighted by molar-refractivity contribution is -0.384. The van der Waals surface area contributed by atoms with Crippen molar-refractivity contribution < 1.29 is 14.5 Å². The highest BCUT2D eigenvalue weighted by Crippen LogP contribution is 2.33. The fourth-order valence-corrected chi connectivity index (χ4v) is 4.47. The van der Waals surface area contributed by atoms with E-state index in [9.17, 15) is 14.9 Å². The second-order valence-corrected chi connectivity index (χ2v) is 9.26. The van der Waals surface area contributed by atoms with Crippen LogP contribution < -0.4 is 14.5 Å². The molecule has 0 fully saturated rings. The number of amides is 1. The van der Waals surface area contributed by atoms with Crippen LogP contribution in [-0.4, -0.2) is 36.4 Å². The van der Waals surface area contributed by atoms with E-state index in [0.29, 0.717) is 49.5 Å². The topological polar surface area (TPSA) is 136 Å². The van der Waals surface area contributed by atoms with Gasteiger partial charge >= 0.3 is 0 Å². The molecular formula is C30H25ClN6O4. The van der Waals surface area contributed by atoms with Gasteiger partial charge in [0.2, 0.25) is 0 Å². The molecule has 0 aliphatic carbocycles. The third kappa shape index (κ3) is 6.70. The molecule has 10 nitrogen and oxygen atoms in total. The van der Waals surface area contributed by atoms with E-state index in [2.05, 4.69) is 17.1 Å². The van der Waals surface area contributed by atoms with E-state index >= 15 is 0 Å². The van der Waals surface area contributed by atoms with Gasteiger partial charge in [-0.05, 0) is 61.0 Å². The smallest absolute Gasteiger partial charge is 0.282 e. The summed E-state index contributed by atoms with van der Waals surface area (Å²) in [5.74, 6) is 0.361. The molecule has 3 aromatic rings. The molecule has 11 heteroatoms. The van der Waals surface area contributed by atoms with Gasteiger partial charge in [0, 0.05) is 36.5 Å². The Hall–Kier alpha value is -5.19. The second-order valence-electron chi connectivity index (χ2n) is 8.85. The SMILES string of the molecule is CCOc1ccc(N2C(=O)/C(=C/c3ccc(N(CCC#N)CCC#N)cc3)N=C2c2cc([N+](=O)[O-])ccc2Cl)cc1. The first kappa shape index (κ1) is 28.8. The highest BCUT2D eigenvalue weighted by molar-refractivity contribution is 6.39. The number of halogens is 1. The lowest BCUT2D eigenvalue weighted by Gasteiger charge is -2.22. The maximum absolute atomic E-state index is 13.7. The third-order valence-corrected chi connectivity index (χ3v) is 6.55. The van der Waals surface area contributed by atoms with Crippen molar-refractivity contribution in [2.24, 2.45) is 4.99 Å². The quantitative estimate of drug-likeness (QED) is 0.154. The Morgan fingerprint density at radius 1 is 1.05 bits per heavy atom. The van der Waals surface area contributed by atoms with Crippen LogP contribution in [0.5, 0.6) is 5.75 Å². The number of carbonyl (C=O) groups is 1. The standard InChI is InChI=1S/C30H25ClN6O4/c1-2-41-25-12-9-23(10-13-25)36-29(26-20-24(37(39)40)11-14-27(26)31)34-28(30(36)38)19-21-5-7-22(8-6-21)35(17-3-15-32)18-4-16-33/h5-14,19-20H,2-4,17-18H2,1H3/b28-19-. The minimum absolute atomic E-state index is 0.120. The molecule has 0 atom stereocenters. The van der Waals surface area contributed by atoms with Crippen LogP contribution in [-0.2, 0) is 4.79 Å². The summed E-state index contributed by atoms with van der Waals surface area (Å²) in [6.45, 7) is 3.34. The van der Waals surface area contributed by atoms with Crippen LogP contribution in [0.4, 0.5) is 17.1 Å². The van der Waals surface area contributed by atoms with Crippen molar-refractivity contribution in [3.8, 4) is 17.9 Å². The molecule has 3 aromatic carbocycles. The molecule has 206 valence electrons. The van der Waals surface area contributed by atoms with Gasteiger partial charge in [0.1, 0.15) is 17.3 Å². The van der Waals surface area contributed by atoms with Crippen molar-refractivity contribution in [2.45, 2.75) is 19.8 Å². The van der Waals surface area contributed by atoms with E-state index < -0.39 is 10.8 Å². The molecular weight excluding hydrogens is 544 g/mol. The van der Waals surface area contributed by atoms with E-state index in [1.807, 2.05) is 36.1 Å². The number of nitrogens with zero attached hydrogens (tertiary/aromatic N) is 6. The molecule has 0 aromatic heterocycles. The first-order chi connectivity index (χ1) is 19.9. The Kier molecular flexibility index (Phi) is 9.31. The number of anilines is 2. The van der Waals surface area contributed by atoms with Crippen LogP contribution in [0, 0.1) is 32.8 Å². The molecule has 0 N–H and O–H groups in total. The second kappa shape index (κ2) is 13.2. The van der Waals surface area contributed by atoms with Crippen LogP contribution in [0.3, 0.4) is 0 Å². The van der Waals surface area contributed by atoms with Crippen molar-refractivity contribution in [3.05, 3.63) is 98.7 Å². The van der Waals surface area contributed by atoms with E-state index in [4.69, 9.17) is 26.9 Å². The number of rotatable bonds is 11. The average molecular weight is 569 g/mol. The summed E-state index contributed by atoms with van der Waals surface area (Å²) < 4.78 is 5.52. The first-order valence-electron chi connectivity index (χ1n) is 12.8. The summed E-state index contributed by atoms with van der Waals surface area (Å²) in [4.78, 5) is 32.6. The Labute approximate surface area is 242 Å². The minimum Gasteiger partial charge on any atom is -0.494 e. The Morgan fingerprint density at radius 3 is 2.29 bits per heavy atom. The largest absolute Gasteiger partial charge is 0.494 e. The zero-order valence-electron chi connectivity index (χ0n) is 22.2. The fourth-order valence-electron chi connectivity index (χ4n) is 4.27. The van der Waals surface area contributed by atoms with E-state index in [1.165, 1.54) is 23.1 Å². The minimum atomic E-state index is -0.535. The number of nitro benzene ring substituents is 1. The molecule has 0 radical (unpaired) electrons. The van der Waals surface area contributed by atoms with Gasteiger partial charge in [0.25, 0.3) is 11.6 Å². The Morgan fingerprint density at radius 2 is 1.71 bits per heavy atom. The number of hydrogen-bond donors (Lipinski definition) is 0. The number of hydrogen-bond acceptors (Lipinski definition) is 8. The number of benzene rings is 3. The fraction of sp³-hybridized carbons (Fsp3) is 0.200. The van der Waals surface area contributed by atoms with Crippen LogP contribution in [0.2, 0.25) is 5.02 Å². The highest BCUT2D eigenvalue weighted by Gasteiger charge is 2.34. The van der Waals surface area contributed by atoms with Crippen LogP contribution in [0.25, 0.3) is 6.08 Å². The zero-order valence-corrected chi connectivity index (χ0v) is 22.9. The van der Waals surface area contributed by atoms with Gasteiger partial charge in [-0.2, -0.15) is 10.5 Å². The molecule has 1 aliphatic heterocycles. The molecule has 0 saturated heterocycles. The van der Waals surface area contributed by atoms with Crippen LogP contribution in [0.1, 0.15) is 30.9 Å². The van der Waals surface area contributed by atoms with Crippen LogP contribution >= 0.6 is 11.6 Å². The Bertz CT molecular complexity index is 1570. The summed E-state index contributed by atoms with van der Waals surface area (Å²) in [5, 5.41) is 29.6.